The Morgan fingerprint density at radius 2 is 1.59 bits per heavy atom. The number of fused-ring (bicyclic) bond motifs is 1. The number of halogens is 2. The van der Waals surface area contributed by atoms with E-state index in [0.29, 0.717) is 15.7 Å². The molecule has 0 aromatic heterocycles. The van der Waals surface area contributed by atoms with E-state index >= 15 is 0 Å². The Morgan fingerprint density at radius 3 is 2.16 bits per heavy atom. The second-order valence-electron chi connectivity index (χ2n) is 8.69. The summed E-state index contributed by atoms with van der Waals surface area (Å²) in [5.74, 6) is -1.08. The van der Waals surface area contributed by atoms with E-state index in [2.05, 4.69) is 17.5 Å². The van der Waals surface area contributed by atoms with Crippen molar-refractivity contribution in [1.29, 1.82) is 0 Å². The zero-order valence-corrected chi connectivity index (χ0v) is 18.7. The Kier molecular flexibility index (Phi) is 5.56. The fourth-order valence-corrected chi connectivity index (χ4v) is 5.86. The largest absolute Gasteiger partial charge is 0.325 e. The minimum Gasteiger partial charge on any atom is -0.325 e. The van der Waals surface area contributed by atoms with Crippen LogP contribution in [0, 0.1) is 23.7 Å². The fraction of sp³-hybridized carbons (Fsp3) is 0.320. The number of allylic oxidation sites excluding steroid dienone is 2. The predicted octanol–water partition coefficient (Wildman–Crippen LogP) is 5.26. The third-order valence-electron chi connectivity index (χ3n) is 6.87. The summed E-state index contributed by atoms with van der Waals surface area (Å²) in [6.07, 6.45) is 6.00. The van der Waals surface area contributed by atoms with Crippen molar-refractivity contribution in [3.05, 3.63) is 76.3 Å². The van der Waals surface area contributed by atoms with Crippen molar-refractivity contribution in [2.45, 2.75) is 25.3 Å². The van der Waals surface area contributed by atoms with Crippen LogP contribution in [0.1, 0.15) is 30.9 Å². The highest BCUT2D eigenvalue weighted by molar-refractivity contribution is 6.36. The highest BCUT2D eigenvalue weighted by atomic mass is 35.5. The molecule has 1 aliphatic heterocycles. The molecule has 4 aliphatic rings. The Morgan fingerprint density at radius 1 is 0.969 bits per heavy atom. The minimum absolute atomic E-state index is 0.0529. The molecule has 2 bridgehead atoms. The molecule has 1 N–H and O–H groups in total. The number of nitrogens with one attached hydrogen (secondary N) is 1. The van der Waals surface area contributed by atoms with Gasteiger partial charge in [0.25, 0.3) is 0 Å². The lowest BCUT2D eigenvalue weighted by Gasteiger charge is -2.38. The molecule has 1 heterocycles. The van der Waals surface area contributed by atoms with Gasteiger partial charge >= 0.3 is 0 Å². The Labute approximate surface area is 196 Å². The van der Waals surface area contributed by atoms with Crippen LogP contribution in [-0.4, -0.2) is 22.6 Å². The first kappa shape index (κ1) is 21.2. The van der Waals surface area contributed by atoms with E-state index in [-0.39, 0.29) is 47.8 Å². The van der Waals surface area contributed by atoms with Crippen molar-refractivity contribution in [3.8, 4) is 0 Å². The van der Waals surface area contributed by atoms with Gasteiger partial charge in [-0.25, -0.2) is 0 Å². The monoisotopic (exact) mass is 468 g/mol. The first-order valence-electron chi connectivity index (χ1n) is 10.8. The van der Waals surface area contributed by atoms with Crippen molar-refractivity contribution in [1.82, 2.24) is 4.90 Å². The maximum atomic E-state index is 13.5. The zero-order valence-electron chi connectivity index (χ0n) is 17.2. The Bertz CT molecular complexity index is 1090. The second kappa shape index (κ2) is 8.38. The van der Waals surface area contributed by atoms with Gasteiger partial charge in [0.2, 0.25) is 17.7 Å². The highest BCUT2D eigenvalue weighted by Crippen LogP contribution is 2.51. The van der Waals surface area contributed by atoms with Crippen LogP contribution in [0.25, 0.3) is 0 Å². The van der Waals surface area contributed by atoms with Gasteiger partial charge in [-0.15, -0.1) is 0 Å². The fourth-order valence-electron chi connectivity index (χ4n) is 5.41. The summed E-state index contributed by atoms with van der Waals surface area (Å²) in [5, 5.41) is 3.58. The lowest BCUT2D eigenvalue weighted by atomic mass is 9.63. The summed E-state index contributed by atoms with van der Waals surface area (Å²) in [5.41, 5.74) is 1.19. The van der Waals surface area contributed by atoms with Gasteiger partial charge < -0.3 is 5.32 Å². The molecular weight excluding hydrogens is 447 g/mol. The average Bonchev–Trinajstić information content (AvgIpc) is 3.08. The van der Waals surface area contributed by atoms with E-state index < -0.39 is 6.04 Å². The van der Waals surface area contributed by atoms with E-state index in [4.69, 9.17) is 23.2 Å². The number of amides is 3. The minimum atomic E-state index is -0.674. The quantitative estimate of drug-likeness (QED) is 0.480. The molecule has 1 saturated heterocycles. The molecule has 2 aromatic carbocycles. The van der Waals surface area contributed by atoms with Crippen LogP contribution in [0.3, 0.4) is 0 Å². The number of nitrogens with zero attached hydrogens (tertiary/aromatic N) is 1. The van der Waals surface area contributed by atoms with Crippen molar-refractivity contribution in [2.24, 2.45) is 23.7 Å². The average molecular weight is 469 g/mol. The van der Waals surface area contributed by atoms with E-state index in [9.17, 15) is 14.4 Å². The topological polar surface area (TPSA) is 66.5 Å². The summed E-state index contributed by atoms with van der Waals surface area (Å²) in [4.78, 5) is 41.3. The number of hydrogen-bond donors (Lipinski definition) is 1. The van der Waals surface area contributed by atoms with Crippen LogP contribution in [0.2, 0.25) is 10.0 Å². The van der Waals surface area contributed by atoms with Gasteiger partial charge in [-0.05, 0) is 48.4 Å². The lowest BCUT2D eigenvalue weighted by Crippen LogP contribution is -2.38. The molecule has 2 aromatic rings. The van der Waals surface area contributed by atoms with Gasteiger partial charge in [-0.3, -0.25) is 19.3 Å². The third-order valence-corrected chi connectivity index (χ3v) is 7.42. The summed E-state index contributed by atoms with van der Waals surface area (Å²) < 4.78 is 0. The van der Waals surface area contributed by atoms with Crippen molar-refractivity contribution in [3.63, 3.8) is 0 Å². The molecule has 5 atom stereocenters. The summed E-state index contributed by atoms with van der Waals surface area (Å²) in [6.45, 7) is 0. The van der Waals surface area contributed by atoms with E-state index in [1.807, 2.05) is 30.3 Å². The number of carbonyl (C=O) groups is 3. The zero-order chi connectivity index (χ0) is 22.4. The molecule has 0 spiro atoms. The third kappa shape index (κ3) is 3.63. The highest BCUT2D eigenvalue weighted by Gasteiger charge is 2.58. The molecule has 1 saturated carbocycles. The normalized spacial score (nSPS) is 26.9. The van der Waals surface area contributed by atoms with Crippen molar-refractivity contribution in [2.75, 3.05) is 5.32 Å². The van der Waals surface area contributed by atoms with Crippen LogP contribution in [-0.2, 0) is 14.4 Å². The molecule has 0 radical (unpaired) electrons. The van der Waals surface area contributed by atoms with Gasteiger partial charge in [-0.2, -0.15) is 0 Å². The van der Waals surface area contributed by atoms with Gasteiger partial charge in [0, 0.05) is 5.02 Å². The smallest absolute Gasteiger partial charge is 0.234 e. The number of benzene rings is 2. The molecule has 5 nitrogen and oxygen atoms in total. The second-order valence-corrected chi connectivity index (χ2v) is 9.53. The van der Waals surface area contributed by atoms with Crippen molar-refractivity contribution < 1.29 is 14.4 Å². The standard InChI is InChI=1S/C25H22Cl2N2O3/c26-17-10-11-19(18(27)12-17)28-21(30)13-20(14-4-2-1-3-5-14)29-24(31)22-15-6-7-16(9-8-15)23(22)25(29)32/h1-7,10-12,15-16,20,22-23H,8-9,13H2,(H,28,30)/t15-,16-,20-,22-,23+/m0/s1. The number of imide groups is 1. The molecule has 3 amide bonds. The van der Waals surface area contributed by atoms with Crippen LogP contribution >= 0.6 is 23.2 Å². The van der Waals surface area contributed by atoms with E-state index in [1.165, 1.54) is 4.90 Å². The molecular formula is C25H22Cl2N2O3. The van der Waals surface area contributed by atoms with E-state index in [1.54, 1.807) is 18.2 Å². The van der Waals surface area contributed by atoms with E-state index in [0.717, 1.165) is 18.4 Å². The van der Waals surface area contributed by atoms with Gasteiger partial charge in [0.05, 0.1) is 35.0 Å². The predicted molar refractivity (Wildman–Crippen MR) is 123 cm³/mol. The first-order chi connectivity index (χ1) is 15.4. The van der Waals surface area contributed by atoms with Gasteiger partial charge in [0.15, 0.2) is 0 Å². The number of rotatable bonds is 5. The Balaban J connectivity index is 1.44. The van der Waals surface area contributed by atoms with Crippen molar-refractivity contribution >= 4 is 46.6 Å². The number of likely N-dealkylation sites (tertiary alicyclic amines) is 1. The lowest BCUT2D eigenvalue weighted by molar-refractivity contribution is -0.143. The maximum Gasteiger partial charge on any atom is 0.234 e. The summed E-state index contributed by atoms with van der Waals surface area (Å²) >= 11 is 12.1. The first-order valence-corrected chi connectivity index (χ1v) is 11.5. The summed E-state index contributed by atoms with van der Waals surface area (Å²) in [6, 6.07) is 13.4. The van der Waals surface area contributed by atoms with Crippen LogP contribution in [0.5, 0.6) is 0 Å². The van der Waals surface area contributed by atoms with Gasteiger partial charge in [0.1, 0.15) is 0 Å². The van der Waals surface area contributed by atoms with Crippen LogP contribution < -0.4 is 5.32 Å². The number of carbonyl (C=O) groups excluding carboxylic acids is 3. The molecule has 164 valence electrons. The molecule has 0 unspecified atom stereocenters. The number of hydrogen-bond acceptors (Lipinski definition) is 3. The SMILES string of the molecule is O=C(C[C@@H](c1ccccc1)N1C(=O)[C@@H]2[C@H](C1=O)[C@H]1C=C[C@H]2CC1)Nc1ccc(Cl)cc1Cl. The number of anilines is 1. The summed E-state index contributed by atoms with van der Waals surface area (Å²) in [7, 11) is 0. The maximum absolute atomic E-state index is 13.5. The molecule has 2 fully saturated rings. The van der Waals surface area contributed by atoms with Crippen LogP contribution in [0.4, 0.5) is 5.69 Å². The molecule has 32 heavy (non-hydrogen) atoms. The molecule has 3 aliphatic carbocycles. The Hall–Kier alpha value is -2.63. The van der Waals surface area contributed by atoms with Gasteiger partial charge in [-0.1, -0.05) is 65.7 Å². The molecule has 7 heteroatoms. The molecule has 6 rings (SSSR count). The van der Waals surface area contributed by atoms with Crippen LogP contribution in [0.15, 0.2) is 60.7 Å².